The third-order valence-electron chi connectivity index (χ3n) is 3.31. The van der Waals surface area contributed by atoms with Crippen molar-refractivity contribution >= 4 is 39.2 Å². The predicted octanol–water partition coefficient (Wildman–Crippen LogP) is 4.19. The second-order valence-electron chi connectivity index (χ2n) is 5.07. The summed E-state index contributed by atoms with van der Waals surface area (Å²) in [5.41, 5.74) is 0.967. The van der Waals surface area contributed by atoms with Crippen molar-refractivity contribution < 1.29 is 9.18 Å². The van der Waals surface area contributed by atoms with Crippen LogP contribution in [0.2, 0.25) is 0 Å². The number of nitrogens with zero attached hydrogens (tertiary/aromatic N) is 2. The van der Waals surface area contributed by atoms with Crippen LogP contribution in [-0.4, -0.2) is 28.6 Å². The van der Waals surface area contributed by atoms with Crippen molar-refractivity contribution in [2.45, 2.75) is 11.4 Å². The Labute approximate surface area is 142 Å². The van der Waals surface area contributed by atoms with Gasteiger partial charge >= 0.3 is 0 Å². The zero-order chi connectivity index (χ0) is 16.2. The first-order valence-electron chi connectivity index (χ1n) is 7.08. The van der Waals surface area contributed by atoms with Crippen LogP contribution in [0.5, 0.6) is 0 Å². The van der Waals surface area contributed by atoms with Gasteiger partial charge in [0.1, 0.15) is 10.8 Å². The predicted molar refractivity (Wildman–Crippen MR) is 93.2 cm³/mol. The van der Waals surface area contributed by atoms with E-state index in [1.807, 2.05) is 24.3 Å². The molecular formula is C17H15FN2OS2. The third-order valence-corrected chi connectivity index (χ3v) is 5.33. The summed E-state index contributed by atoms with van der Waals surface area (Å²) in [5, 5.41) is 0.925. The molecule has 0 radical (unpaired) electrons. The molecule has 1 amide bonds. The smallest absolute Gasteiger partial charge is 0.233 e. The van der Waals surface area contributed by atoms with Crippen LogP contribution in [0.4, 0.5) is 4.39 Å². The highest BCUT2D eigenvalue weighted by atomic mass is 32.2. The van der Waals surface area contributed by atoms with Crippen molar-refractivity contribution in [3.8, 4) is 0 Å². The molecule has 0 unspecified atom stereocenters. The fourth-order valence-corrected chi connectivity index (χ4v) is 3.92. The van der Waals surface area contributed by atoms with Crippen LogP contribution >= 0.6 is 23.1 Å². The molecule has 3 nitrogen and oxygen atoms in total. The Kier molecular flexibility index (Phi) is 4.93. The van der Waals surface area contributed by atoms with E-state index in [1.165, 1.54) is 23.9 Å². The lowest BCUT2D eigenvalue weighted by Crippen LogP contribution is -2.27. The molecule has 1 heterocycles. The van der Waals surface area contributed by atoms with Crippen molar-refractivity contribution in [2.24, 2.45) is 0 Å². The SMILES string of the molecule is CN(Cc1nc2ccccc2s1)C(=O)CSc1ccc(F)cc1. The Bertz CT molecular complexity index is 784. The summed E-state index contributed by atoms with van der Waals surface area (Å²) in [5.74, 6) is 0.0831. The molecule has 0 aliphatic heterocycles. The lowest BCUT2D eigenvalue weighted by atomic mass is 10.3. The molecule has 118 valence electrons. The summed E-state index contributed by atoms with van der Waals surface area (Å²) in [7, 11) is 1.78. The van der Waals surface area contributed by atoms with Gasteiger partial charge in [-0.15, -0.1) is 23.1 Å². The van der Waals surface area contributed by atoms with Crippen molar-refractivity contribution in [1.82, 2.24) is 9.88 Å². The number of fused-ring (bicyclic) bond motifs is 1. The molecule has 23 heavy (non-hydrogen) atoms. The first-order chi connectivity index (χ1) is 11.1. The molecule has 0 bridgehead atoms. The third kappa shape index (κ3) is 4.09. The summed E-state index contributed by atoms with van der Waals surface area (Å²) >= 11 is 3.01. The van der Waals surface area contributed by atoms with Crippen molar-refractivity contribution in [1.29, 1.82) is 0 Å². The summed E-state index contributed by atoms with van der Waals surface area (Å²) in [4.78, 5) is 19.3. The van der Waals surface area contributed by atoms with E-state index in [0.717, 1.165) is 20.1 Å². The molecule has 0 N–H and O–H groups in total. The topological polar surface area (TPSA) is 33.2 Å². The zero-order valence-electron chi connectivity index (χ0n) is 12.5. The normalized spacial score (nSPS) is 10.9. The molecule has 0 saturated carbocycles. The standard InChI is InChI=1S/C17H15FN2OS2/c1-20(10-16-19-14-4-2-3-5-15(14)23-16)17(21)11-22-13-8-6-12(18)7-9-13/h2-9H,10-11H2,1H3. The van der Waals surface area contributed by atoms with Crippen LogP contribution in [0.1, 0.15) is 5.01 Å². The molecule has 0 aliphatic carbocycles. The van der Waals surface area contributed by atoms with E-state index in [9.17, 15) is 9.18 Å². The van der Waals surface area contributed by atoms with Gasteiger partial charge in [0, 0.05) is 11.9 Å². The van der Waals surface area contributed by atoms with Crippen LogP contribution < -0.4 is 0 Å². The zero-order valence-corrected chi connectivity index (χ0v) is 14.2. The molecule has 0 atom stereocenters. The second-order valence-corrected chi connectivity index (χ2v) is 7.23. The molecule has 0 spiro atoms. The quantitative estimate of drug-likeness (QED) is 0.650. The molecule has 0 saturated heterocycles. The van der Waals surface area contributed by atoms with Crippen molar-refractivity contribution in [2.75, 3.05) is 12.8 Å². The Morgan fingerprint density at radius 3 is 2.70 bits per heavy atom. The van der Waals surface area contributed by atoms with Gasteiger partial charge in [0.25, 0.3) is 0 Å². The molecule has 1 aromatic heterocycles. The average Bonchev–Trinajstić information content (AvgIpc) is 2.96. The fraction of sp³-hybridized carbons (Fsp3) is 0.176. The van der Waals surface area contributed by atoms with Crippen LogP contribution in [-0.2, 0) is 11.3 Å². The average molecular weight is 346 g/mol. The van der Waals surface area contributed by atoms with Gasteiger partial charge in [-0.1, -0.05) is 12.1 Å². The van der Waals surface area contributed by atoms with Crippen LogP contribution in [0.25, 0.3) is 10.2 Å². The number of amides is 1. The maximum atomic E-state index is 12.9. The first-order valence-corrected chi connectivity index (χ1v) is 8.89. The van der Waals surface area contributed by atoms with E-state index >= 15 is 0 Å². The van der Waals surface area contributed by atoms with Gasteiger partial charge in [0.05, 0.1) is 22.5 Å². The molecule has 0 fully saturated rings. The number of thioether (sulfide) groups is 1. The van der Waals surface area contributed by atoms with Crippen LogP contribution in [0.3, 0.4) is 0 Å². The molecule has 0 aliphatic rings. The summed E-state index contributed by atoms with van der Waals surface area (Å²) in [6.45, 7) is 0.502. The fourth-order valence-electron chi connectivity index (χ4n) is 2.06. The highest BCUT2D eigenvalue weighted by molar-refractivity contribution is 8.00. The van der Waals surface area contributed by atoms with E-state index in [0.29, 0.717) is 12.3 Å². The number of benzene rings is 2. The van der Waals surface area contributed by atoms with Crippen LogP contribution in [0.15, 0.2) is 53.4 Å². The lowest BCUT2D eigenvalue weighted by molar-refractivity contribution is -0.127. The van der Waals surface area contributed by atoms with Gasteiger partial charge in [0.2, 0.25) is 5.91 Å². The van der Waals surface area contributed by atoms with Crippen LogP contribution in [0, 0.1) is 5.82 Å². The number of halogens is 1. The Balaban J connectivity index is 1.57. The van der Waals surface area contributed by atoms with E-state index in [1.54, 1.807) is 35.4 Å². The summed E-state index contributed by atoms with van der Waals surface area (Å²) in [6.07, 6.45) is 0. The molecular weight excluding hydrogens is 331 g/mol. The number of rotatable bonds is 5. The minimum Gasteiger partial charge on any atom is -0.338 e. The van der Waals surface area contributed by atoms with Gasteiger partial charge in [-0.2, -0.15) is 0 Å². The van der Waals surface area contributed by atoms with Gasteiger partial charge in [-0.3, -0.25) is 4.79 Å². The maximum Gasteiger partial charge on any atom is 0.233 e. The van der Waals surface area contributed by atoms with Gasteiger partial charge in [-0.05, 0) is 36.4 Å². The van der Waals surface area contributed by atoms with E-state index in [4.69, 9.17) is 0 Å². The summed E-state index contributed by atoms with van der Waals surface area (Å²) in [6, 6.07) is 14.1. The van der Waals surface area contributed by atoms with Crippen molar-refractivity contribution in [3.63, 3.8) is 0 Å². The largest absolute Gasteiger partial charge is 0.338 e. The Morgan fingerprint density at radius 2 is 1.96 bits per heavy atom. The first kappa shape index (κ1) is 16.0. The number of hydrogen-bond donors (Lipinski definition) is 0. The van der Waals surface area contributed by atoms with E-state index < -0.39 is 0 Å². The molecule has 2 aromatic carbocycles. The molecule has 3 rings (SSSR count). The maximum absolute atomic E-state index is 12.9. The van der Waals surface area contributed by atoms with Crippen molar-refractivity contribution in [3.05, 3.63) is 59.4 Å². The Hall–Kier alpha value is -1.92. The second kappa shape index (κ2) is 7.10. The van der Waals surface area contributed by atoms with Gasteiger partial charge in [-0.25, -0.2) is 9.37 Å². The number of hydrogen-bond acceptors (Lipinski definition) is 4. The Morgan fingerprint density at radius 1 is 1.22 bits per heavy atom. The molecule has 6 heteroatoms. The monoisotopic (exact) mass is 346 g/mol. The number of para-hydroxylation sites is 1. The van der Waals surface area contributed by atoms with Gasteiger partial charge < -0.3 is 4.90 Å². The molecule has 3 aromatic rings. The van der Waals surface area contributed by atoms with E-state index in [-0.39, 0.29) is 11.7 Å². The minimum atomic E-state index is -0.270. The number of thiazole rings is 1. The number of aromatic nitrogens is 1. The number of carbonyl (C=O) groups excluding carboxylic acids is 1. The lowest BCUT2D eigenvalue weighted by Gasteiger charge is -2.15. The highest BCUT2D eigenvalue weighted by Crippen LogP contribution is 2.23. The highest BCUT2D eigenvalue weighted by Gasteiger charge is 2.12. The number of carbonyl (C=O) groups is 1. The summed E-state index contributed by atoms with van der Waals surface area (Å²) < 4.78 is 14.0. The van der Waals surface area contributed by atoms with E-state index in [2.05, 4.69) is 4.98 Å². The van der Waals surface area contributed by atoms with Gasteiger partial charge in [0.15, 0.2) is 0 Å². The minimum absolute atomic E-state index is 0.0265.